The van der Waals surface area contributed by atoms with E-state index in [9.17, 15) is 0 Å². The van der Waals surface area contributed by atoms with Crippen molar-refractivity contribution in [2.45, 2.75) is 6.92 Å². The van der Waals surface area contributed by atoms with Gasteiger partial charge in [0, 0.05) is 0 Å². The third-order valence-electron chi connectivity index (χ3n) is 1.24. The van der Waals surface area contributed by atoms with Crippen molar-refractivity contribution in [3.8, 4) is 0 Å². The predicted molar refractivity (Wildman–Crippen MR) is 46.1 cm³/mol. The highest BCUT2D eigenvalue weighted by Gasteiger charge is 1.85. The zero-order valence-corrected chi connectivity index (χ0v) is 7.26. The van der Waals surface area contributed by atoms with Gasteiger partial charge in [-0.1, -0.05) is 6.58 Å². The third kappa shape index (κ3) is 4.25. The zero-order valence-electron chi connectivity index (χ0n) is 7.26. The van der Waals surface area contributed by atoms with Crippen LogP contribution in [0.3, 0.4) is 0 Å². The molecule has 0 radical (unpaired) electrons. The van der Waals surface area contributed by atoms with Gasteiger partial charge in [0.25, 0.3) is 0 Å². The summed E-state index contributed by atoms with van der Waals surface area (Å²) in [5.41, 5.74) is 0. The second-order valence-corrected chi connectivity index (χ2v) is 1.96. The van der Waals surface area contributed by atoms with E-state index in [1.807, 2.05) is 13.0 Å². The van der Waals surface area contributed by atoms with Crippen molar-refractivity contribution in [2.24, 2.45) is 0 Å². The summed E-state index contributed by atoms with van der Waals surface area (Å²) in [6.45, 7) is 5.44. The van der Waals surface area contributed by atoms with Crippen LogP contribution in [0.25, 0.3) is 0 Å². The fraction of sp³-hybridized carbons (Fsp3) is 0.333. The average Bonchev–Trinajstić information content (AvgIpc) is 2.06. The van der Waals surface area contributed by atoms with Gasteiger partial charge in [-0.2, -0.15) is 0 Å². The molecule has 0 saturated heterocycles. The van der Waals surface area contributed by atoms with Gasteiger partial charge in [0.15, 0.2) is 0 Å². The summed E-state index contributed by atoms with van der Waals surface area (Å²) >= 11 is 0. The number of methoxy groups -OCH3 is 2. The van der Waals surface area contributed by atoms with E-state index in [2.05, 4.69) is 6.58 Å². The number of hydrogen-bond acceptors (Lipinski definition) is 2. The molecule has 0 aromatic carbocycles. The monoisotopic (exact) mass is 154 g/mol. The van der Waals surface area contributed by atoms with E-state index in [-0.39, 0.29) is 0 Å². The van der Waals surface area contributed by atoms with E-state index < -0.39 is 0 Å². The lowest BCUT2D eigenvalue weighted by Gasteiger charge is -1.98. The van der Waals surface area contributed by atoms with Crippen molar-refractivity contribution >= 4 is 0 Å². The Bertz CT molecular complexity index is 178. The van der Waals surface area contributed by atoms with E-state index in [0.717, 1.165) is 11.5 Å². The summed E-state index contributed by atoms with van der Waals surface area (Å²) in [4.78, 5) is 0. The van der Waals surface area contributed by atoms with Crippen molar-refractivity contribution in [3.63, 3.8) is 0 Å². The fourth-order valence-electron chi connectivity index (χ4n) is 0.487. The molecule has 11 heavy (non-hydrogen) atoms. The van der Waals surface area contributed by atoms with Crippen LogP contribution in [0.15, 0.2) is 36.3 Å². The molecule has 2 heteroatoms. The Morgan fingerprint density at radius 1 is 1.18 bits per heavy atom. The first-order chi connectivity index (χ1) is 5.24. The lowest BCUT2D eigenvalue weighted by molar-refractivity contribution is 0.291. The van der Waals surface area contributed by atoms with E-state index >= 15 is 0 Å². The van der Waals surface area contributed by atoms with Gasteiger partial charge in [-0.05, 0) is 25.2 Å². The molecule has 0 aliphatic carbocycles. The van der Waals surface area contributed by atoms with E-state index in [0.29, 0.717) is 0 Å². The highest BCUT2D eigenvalue weighted by Crippen LogP contribution is 1.99. The van der Waals surface area contributed by atoms with E-state index in [4.69, 9.17) is 9.47 Å². The Labute approximate surface area is 67.8 Å². The van der Waals surface area contributed by atoms with Crippen molar-refractivity contribution in [2.75, 3.05) is 14.2 Å². The van der Waals surface area contributed by atoms with Crippen molar-refractivity contribution in [1.29, 1.82) is 0 Å². The Kier molecular flexibility index (Phi) is 4.99. The van der Waals surface area contributed by atoms with Crippen molar-refractivity contribution in [3.05, 3.63) is 36.3 Å². The molecule has 0 aromatic heterocycles. The molecule has 0 aromatic rings. The van der Waals surface area contributed by atoms with Crippen LogP contribution in [0.2, 0.25) is 0 Å². The molecule has 0 aliphatic heterocycles. The Morgan fingerprint density at radius 2 is 1.82 bits per heavy atom. The van der Waals surface area contributed by atoms with Gasteiger partial charge in [-0.15, -0.1) is 0 Å². The lowest BCUT2D eigenvalue weighted by atomic mass is 10.4. The normalized spacial score (nSPS) is 12.6. The van der Waals surface area contributed by atoms with E-state index in [1.54, 1.807) is 26.4 Å². The predicted octanol–water partition coefficient (Wildman–Crippen LogP) is 2.25. The molecule has 0 N–H and O–H groups in total. The highest BCUT2D eigenvalue weighted by molar-refractivity contribution is 5.17. The molecule has 2 nitrogen and oxygen atoms in total. The number of allylic oxidation sites excluding steroid dienone is 4. The van der Waals surface area contributed by atoms with Gasteiger partial charge in [0.2, 0.25) is 0 Å². The second-order valence-electron chi connectivity index (χ2n) is 1.96. The Morgan fingerprint density at radius 3 is 2.18 bits per heavy atom. The van der Waals surface area contributed by atoms with Gasteiger partial charge in [-0.3, -0.25) is 0 Å². The fourth-order valence-corrected chi connectivity index (χ4v) is 0.487. The van der Waals surface area contributed by atoms with Crippen LogP contribution >= 0.6 is 0 Å². The largest absolute Gasteiger partial charge is 0.501 e. The summed E-state index contributed by atoms with van der Waals surface area (Å²) < 4.78 is 9.85. The summed E-state index contributed by atoms with van der Waals surface area (Å²) in [5.74, 6) is 1.56. The van der Waals surface area contributed by atoms with Gasteiger partial charge < -0.3 is 9.47 Å². The first-order valence-electron chi connectivity index (χ1n) is 3.33. The van der Waals surface area contributed by atoms with Crippen molar-refractivity contribution in [1.82, 2.24) is 0 Å². The van der Waals surface area contributed by atoms with Crippen LogP contribution < -0.4 is 0 Å². The maximum Gasteiger partial charge on any atom is 0.118 e. The SMILES string of the molecule is C=C/C(=C\C=C(/C)OC)OC. The molecule has 0 bridgehead atoms. The second kappa shape index (κ2) is 5.59. The molecule has 0 fully saturated rings. The summed E-state index contributed by atoms with van der Waals surface area (Å²) in [7, 11) is 3.23. The van der Waals surface area contributed by atoms with Crippen LogP contribution in [0.4, 0.5) is 0 Å². The maximum atomic E-state index is 4.94. The van der Waals surface area contributed by atoms with E-state index in [1.165, 1.54) is 0 Å². The van der Waals surface area contributed by atoms with Gasteiger partial charge in [0.05, 0.1) is 20.0 Å². The maximum absolute atomic E-state index is 4.94. The lowest BCUT2D eigenvalue weighted by Crippen LogP contribution is -1.81. The van der Waals surface area contributed by atoms with Gasteiger partial charge >= 0.3 is 0 Å². The standard InChI is InChI=1S/C9H14O2/c1-5-9(11-4)7-6-8(2)10-3/h5-7H,1H2,2-4H3/b8-6+,9-7+. The summed E-state index contributed by atoms with van der Waals surface area (Å²) in [6, 6.07) is 0. The van der Waals surface area contributed by atoms with Crippen LogP contribution in [0.5, 0.6) is 0 Å². The minimum atomic E-state index is 0.724. The number of hydrogen-bond donors (Lipinski definition) is 0. The molecule has 0 spiro atoms. The summed E-state index contributed by atoms with van der Waals surface area (Å²) in [5, 5.41) is 0. The molecular weight excluding hydrogens is 140 g/mol. The Hall–Kier alpha value is -1.18. The minimum absolute atomic E-state index is 0.724. The van der Waals surface area contributed by atoms with Gasteiger partial charge in [0.1, 0.15) is 5.76 Å². The zero-order chi connectivity index (χ0) is 8.69. The molecule has 0 saturated carbocycles. The third-order valence-corrected chi connectivity index (χ3v) is 1.24. The van der Waals surface area contributed by atoms with Gasteiger partial charge in [-0.25, -0.2) is 0 Å². The molecule has 0 aliphatic rings. The Balaban J connectivity index is 4.17. The molecule has 0 atom stereocenters. The van der Waals surface area contributed by atoms with Crippen LogP contribution in [-0.2, 0) is 9.47 Å². The topological polar surface area (TPSA) is 18.5 Å². The summed E-state index contributed by atoms with van der Waals surface area (Å²) in [6.07, 6.45) is 5.26. The smallest absolute Gasteiger partial charge is 0.118 e. The quantitative estimate of drug-likeness (QED) is 0.456. The van der Waals surface area contributed by atoms with Crippen LogP contribution in [0.1, 0.15) is 6.92 Å². The van der Waals surface area contributed by atoms with Crippen LogP contribution in [0, 0.1) is 0 Å². The van der Waals surface area contributed by atoms with Crippen LogP contribution in [-0.4, -0.2) is 14.2 Å². The minimum Gasteiger partial charge on any atom is -0.501 e. The first kappa shape index (κ1) is 9.82. The molecule has 0 amide bonds. The number of ether oxygens (including phenoxy) is 2. The van der Waals surface area contributed by atoms with Crippen molar-refractivity contribution < 1.29 is 9.47 Å². The molecular formula is C9H14O2. The molecule has 0 unspecified atom stereocenters. The average molecular weight is 154 g/mol. The number of rotatable bonds is 4. The molecule has 0 heterocycles. The molecule has 0 rings (SSSR count). The molecule has 62 valence electrons. The first-order valence-corrected chi connectivity index (χ1v) is 3.33. The highest BCUT2D eigenvalue weighted by atomic mass is 16.5.